The van der Waals surface area contributed by atoms with E-state index in [4.69, 9.17) is 4.42 Å². The van der Waals surface area contributed by atoms with Crippen LogP contribution in [0.3, 0.4) is 0 Å². The molecular formula is C12H15NO3. The molecule has 2 rings (SSSR count). The third-order valence-corrected chi connectivity index (χ3v) is 2.49. The second-order valence-corrected chi connectivity index (χ2v) is 4.72. The van der Waals surface area contributed by atoms with Gasteiger partial charge in [0.25, 0.3) is 0 Å². The highest BCUT2D eigenvalue weighted by molar-refractivity contribution is 5.73. The molecule has 0 unspecified atom stereocenters. The summed E-state index contributed by atoms with van der Waals surface area (Å²) in [6, 6.07) is 5.53. The number of aromatic nitrogens is 1. The normalized spacial score (nSPS) is 12.2. The highest BCUT2D eigenvalue weighted by atomic mass is 16.4. The number of fused-ring (bicyclic) bond motifs is 1. The SMILES string of the molecule is Cn1c(=O)oc2cc(CC(C)(C)O)ccc21. The lowest BCUT2D eigenvalue weighted by Crippen LogP contribution is -2.21. The molecule has 1 aromatic heterocycles. The number of aliphatic hydroxyl groups is 1. The summed E-state index contributed by atoms with van der Waals surface area (Å²) in [6.07, 6.45) is 0.529. The van der Waals surface area contributed by atoms with Crippen LogP contribution >= 0.6 is 0 Å². The third kappa shape index (κ3) is 2.02. The van der Waals surface area contributed by atoms with Gasteiger partial charge in [-0.3, -0.25) is 4.57 Å². The van der Waals surface area contributed by atoms with Gasteiger partial charge in [0, 0.05) is 13.5 Å². The quantitative estimate of drug-likeness (QED) is 0.835. The molecule has 0 aliphatic heterocycles. The lowest BCUT2D eigenvalue weighted by atomic mass is 9.99. The van der Waals surface area contributed by atoms with Crippen LogP contribution in [-0.2, 0) is 13.5 Å². The summed E-state index contributed by atoms with van der Waals surface area (Å²) in [6.45, 7) is 3.50. The van der Waals surface area contributed by atoms with Crippen LogP contribution < -0.4 is 5.76 Å². The van der Waals surface area contributed by atoms with E-state index in [0.29, 0.717) is 12.0 Å². The largest absolute Gasteiger partial charge is 0.419 e. The van der Waals surface area contributed by atoms with Crippen molar-refractivity contribution in [2.45, 2.75) is 25.9 Å². The van der Waals surface area contributed by atoms with Gasteiger partial charge in [0.2, 0.25) is 0 Å². The number of nitrogens with zero attached hydrogens (tertiary/aromatic N) is 1. The molecular weight excluding hydrogens is 206 g/mol. The van der Waals surface area contributed by atoms with Gasteiger partial charge in [-0.15, -0.1) is 0 Å². The van der Waals surface area contributed by atoms with Crippen molar-refractivity contribution in [2.24, 2.45) is 7.05 Å². The number of hydrogen-bond acceptors (Lipinski definition) is 3. The summed E-state index contributed by atoms with van der Waals surface area (Å²) >= 11 is 0. The van der Waals surface area contributed by atoms with Crippen LogP contribution in [0.1, 0.15) is 19.4 Å². The van der Waals surface area contributed by atoms with Crippen LogP contribution in [0.4, 0.5) is 0 Å². The minimum absolute atomic E-state index is 0.365. The minimum atomic E-state index is -0.761. The summed E-state index contributed by atoms with van der Waals surface area (Å²) in [4.78, 5) is 11.3. The second kappa shape index (κ2) is 3.49. The highest BCUT2D eigenvalue weighted by Crippen LogP contribution is 2.18. The van der Waals surface area contributed by atoms with Crippen LogP contribution in [0.25, 0.3) is 11.1 Å². The van der Waals surface area contributed by atoms with E-state index in [9.17, 15) is 9.90 Å². The highest BCUT2D eigenvalue weighted by Gasteiger charge is 2.14. The smallest absolute Gasteiger partial charge is 0.408 e. The molecule has 1 aromatic carbocycles. The predicted octanol–water partition coefficient (Wildman–Crippen LogP) is 1.44. The Hall–Kier alpha value is -1.55. The molecule has 0 fully saturated rings. The van der Waals surface area contributed by atoms with Crippen LogP contribution in [0, 0.1) is 0 Å². The maximum absolute atomic E-state index is 11.3. The first-order valence-corrected chi connectivity index (χ1v) is 5.18. The molecule has 0 aliphatic carbocycles. The van der Waals surface area contributed by atoms with E-state index in [1.807, 2.05) is 12.1 Å². The van der Waals surface area contributed by atoms with Crippen LogP contribution in [0.2, 0.25) is 0 Å². The summed E-state index contributed by atoms with van der Waals surface area (Å²) in [5.74, 6) is -0.365. The number of hydrogen-bond donors (Lipinski definition) is 1. The van der Waals surface area contributed by atoms with Gasteiger partial charge in [-0.1, -0.05) is 6.07 Å². The van der Waals surface area contributed by atoms with Gasteiger partial charge in [-0.25, -0.2) is 4.79 Å². The molecule has 2 aromatic rings. The lowest BCUT2D eigenvalue weighted by molar-refractivity contribution is 0.0810. The maximum atomic E-state index is 11.3. The Bertz CT molecular complexity index is 572. The fourth-order valence-electron chi connectivity index (χ4n) is 1.79. The van der Waals surface area contributed by atoms with Crippen molar-refractivity contribution in [1.82, 2.24) is 4.57 Å². The third-order valence-electron chi connectivity index (χ3n) is 2.49. The lowest BCUT2D eigenvalue weighted by Gasteiger charge is -2.16. The Balaban J connectivity index is 2.49. The van der Waals surface area contributed by atoms with Crippen molar-refractivity contribution in [1.29, 1.82) is 0 Å². The van der Waals surface area contributed by atoms with Gasteiger partial charge in [0.1, 0.15) is 0 Å². The molecule has 0 aliphatic rings. The van der Waals surface area contributed by atoms with Crippen molar-refractivity contribution in [2.75, 3.05) is 0 Å². The fraction of sp³-hybridized carbons (Fsp3) is 0.417. The van der Waals surface area contributed by atoms with Gasteiger partial charge in [-0.2, -0.15) is 0 Å². The van der Waals surface area contributed by atoms with E-state index in [2.05, 4.69) is 0 Å². The Morgan fingerprint density at radius 2 is 2.12 bits per heavy atom. The number of rotatable bonds is 2. The van der Waals surface area contributed by atoms with Gasteiger partial charge in [0.15, 0.2) is 5.58 Å². The van der Waals surface area contributed by atoms with Crippen LogP contribution in [-0.4, -0.2) is 15.3 Å². The van der Waals surface area contributed by atoms with Crippen LogP contribution in [0.5, 0.6) is 0 Å². The minimum Gasteiger partial charge on any atom is -0.408 e. The summed E-state index contributed by atoms with van der Waals surface area (Å²) in [5.41, 5.74) is 1.52. The van der Waals surface area contributed by atoms with E-state index in [0.717, 1.165) is 11.1 Å². The Morgan fingerprint density at radius 1 is 1.44 bits per heavy atom. The molecule has 0 atom stereocenters. The first-order chi connectivity index (χ1) is 7.37. The first kappa shape index (κ1) is 11.0. The first-order valence-electron chi connectivity index (χ1n) is 5.18. The molecule has 16 heavy (non-hydrogen) atoms. The Labute approximate surface area is 93.1 Å². The average Bonchev–Trinajstić information content (AvgIpc) is 2.40. The van der Waals surface area contributed by atoms with E-state index >= 15 is 0 Å². The number of benzene rings is 1. The topological polar surface area (TPSA) is 55.4 Å². The summed E-state index contributed by atoms with van der Waals surface area (Å²) in [7, 11) is 1.67. The summed E-state index contributed by atoms with van der Waals surface area (Å²) < 4.78 is 6.54. The molecule has 0 saturated heterocycles. The average molecular weight is 221 g/mol. The monoisotopic (exact) mass is 221 g/mol. The van der Waals surface area contributed by atoms with Crippen molar-refractivity contribution in [3.63, 3.8) is 0 Å². The van der Waals surface area contributed by atoms with E-state index in [-0.39, 0.29) is 5.76 Å². The number of aryl methyl sites for hydroxylation is 1. The standard InChI is InChI=1S/C12H15NO3/c1-12(2,15)7-8-4-5-9-10(6-8)16-11(14)13(9)3/h4-6,15H,7H2,1-3H3. The molecule has 0 spiro atoms. The second-order valence-electron chi connectivity index (χ2n) is 4.72. The van der Waals surface area contributed by atoms with Crippen molar-refractivity contribution < 1.29 is 9.52 Å². The fourth-order valence-corrected chi connectivity index (χ4v) is 1.79. The Morgan fingerprint density at radius 3 is 2.75 bits per heavy atom. The number of oxazole rings is 1. The molecule has 0 amide bonds. The molecule has 86 valence electrons. The van der Waals surface area contributed by atoms with Gasteiger partial charge in [0.05, 0.1) is 11.1 Å². The zero-order valence-electron chi connectivity index (χ0n) is 9.65. The molecule has 4 nitrogen and oxygen atoms in total. The maximum Gasteiger partial charge on any atom is 0.419 e. The molecule has 0 bridgehead atoms. The predicted molar refractivity (Wildman–Crippen MR) is 61.5 cm³/mol. The zero-order chi connectivity index (χ0) is 11.9. The molecule has 0 saturated carbocycles. The van der Waals surface area contributed by atoms with Gasteiger partial charge in [-0.05, 0) is 31.5 Å². The zero-order valence-corrected chi connectivity index (χ0v) is 9.65. The van der Waals surface area contributed by atoms with Gasteiger partial charge >= 0.3 is 5.76 Å². The summed E-state index contributed by atoms with van der Waals surface area (Å²) in [5, 5.41) is 9.71. The van der Waals surface area contributed by atoms with Crippen LogP contribution in [0.15, 0.2) is 27.4 Å². The molecule has 1 N–H and O–H groups in total. The van der Waals surface area contributed by atoms with E-state index in [1.165, 1.54) is 4.57 Å². The van der Waals surface area contributed by atoms with Crippen molar-refractivity contribution in [3.8, 4) is 0 Å². The van der Waals surface area contributed by atoms with E-state index in [1.54, 1.807) is 27.0 Å². The molecule has 1 heterocycles. The van der Waals surface area contributed by atoms with Crippen molar-refractivity contribution >= 4 is 11.1 Å². The molecule has 4 heteroatoms. The van der Waals surface area contributed by atoms with Gasteiger partial charge < -0.3 is 9.52 Å². The van der Waals surface area contributed by atoms with E-state index < -0.39 is 5.60 Å². The van der Waals surface area contributed by atoms with Crippen molar-refractivity contribution in [3.05, 3.63) is 34.3 Å². The molecule has 0 radical (unpaired) electrons. The Kier molecular flexibility index (Phi) is 2.39.